The molecule has 0 spiro atoms. The van der Waals surface area contributed by atoms with Gasteiger partial charge in [-0.15, -0.1) is 0 Å². The van der Waals surface area contributed by atoms with Gasteiger partial charge in [0.2, 0.25) is 11.8 Å². The van der Waals surface area contributed by atoms with Gasteiger partial charge in [-0.2, -0.15) is 0 Å². The molecule has 28 heavy (non-hydrogen) atoms. The second-order valence-electron chi connectivity index (χ2n) is 6.19. The molecule has 0 radical (unpaired) electrons. The zero-order chi connectivity index (χ0) is 20.1. The van der Waals surface area contributed by atoms with Crippen LogP contribution in [0, 0.1) is 12.7 Å². The fourth-order valence-electron chi connectivity index (χ4n) is 2.51. The highest BCUT2D eigenvalue weighted by Gasteiger charge is 2.31. The second-order valence-corrected chi connectivity index (χ2v) is 7.44. The lowest BCUT2D eigenvalue weighted by Crippen LogP contribution is -2.27. The number of aryl methyl sites for hydroxylation is 1. The first-order valence-corrected chi connectivity index (χ1v) is 9.40. The number of hydrogen-bond donors (Lipinski definition) is 3. The van der Waals surface area contributed by atoms with Crippen LogP contribution in [0.5, 0.6) is 0 Å². The van der Waals surface area contributed by atoms with E-state index in [4.69, 9.17) is 0 Å². The minimum absolute atomic E-state index is 0.0594. The summed E-state index contributed by atoms with van der Waals surface area (Å²) in [6.45, 7) is 1.95. The van der Waals surface area contributed by atoms with Crippen LogP contribution in [0.2, 0.25) is 0 Å². The smallest absolute Gasteiger partial charge is 0.250 e. The third kappa shape index (κ3) is 5.20. The molecular formula is C20H18FN3O3S. The zero-order valence-electron chi connectivity index (χ0n) is 15.0. The molecule has 0 bridgehead atoms. The van der Waals surface area contributed by atoms with E-state index in [2.05, 4.69) is 16.0 Å². The van der Waals surface area contributed by atoms with Gasteiger partial charge in [-0.05, 0) is 31.2 Å². The lowest BCUT2D eigenvalue weighted by Gasteiger charge is -2.08. The normalized spacial score (nSPS) is 17.3. The molecule has 1 aliphatic rings. The number of anilines is 2. The maximum atomic E-state index is 13.6. The zero-order valence-corrected chi connectivity index (χ0v) is 15.8. The molecule has 1 atom stereocenters. The van der Waals surface area contributed by atoms with Gasteiger partial charge in [-0.3, -0.25) is 14.4 Å². The van der Waals surface area contributed by atoms with E-state index in [1.165, 1.54) is 24.3 Å². The molecule has 0 saturated carbocycles. The lowest BCUT2D eigenvalue weighted by molar-refractivity contribution is -0.122. The Morgan fingerprint density at radius 2 is 1.86 bits per heavy atom. The highest BCUT2D eigenvalue weighted by molar-refractivity contribution is 8.04. The van der Waals surface area contributed by atoms with E-state index in [9.17, 15) is 18.8 Å². The Kier molecular flexibility index (Phi) is 6.10. The Labute approximate surface area is 165 Å². The van der Waals surface area contributed by atoms with Crippen molar-refractivity contribution < 1.29 is 18.8 Å². The number of carbonyl (C=O) groups excluding carboxylic acids is 3. The Balaban J connectivity index is 1.56. The van der Waals surface area contributed by atoms with Crippen LogP contribution in [-0.4, -0.2) is 23.0 Å². The van der Waals surface area contributed by atoms with Crippen LogP contribution in [0.4, 0.5) is 15.8 Å². The third-order valence-electron chi connectivity index (χ3n) is 3.91. The van der Waals surface area contributed by atoms with Crippen molar-refractivity contribution >= 4 is 40.9 Å². The van der Waals surface area contributed by atoms with E-state index < -0.39 is 17.0 Å². The predicted molar refractivity (Wildman–Crippen MR) is 107 cm³/mol. The van der Waals surface area contributed by atoms with Crippen molar-refractivity contribution in [3.63, 3.8) is 0 Å². The predicted octanol–water partition coefficient (Wildman–Crippen LogP) is 3.17. The first-order valence-electron chi connectivity index (χ1n) is 8.52. The minimum atomic E-state index is -0.690. The van der Waals surface area contributed by atoms with Crippen LogP contribution in [0.15, 0.2) is 59.6 Å². The largest absolute Gasteiger partial charge is 0.324 e. The molecule has 8 heteroatoms. The van der Waals surface area contributed by atoms with Crippen molar-refractivity contribution in [1.82, 2.24) is 5.32 Å². The van der Waals surface area contributed by atoms with Gasteiger partial charge in [-0.25, -0.2) is 4.39 Å². The van der Waals surface area contributed by atoms with Gasteiger partial charge >= 0.3 is 0 Å². The Hall–Kier alpha value is -3.13. The third-order valence-corrected chi connectivity index (χ3v) is 5.05. The summed E-state index contributed by atoms with van der Waals surface area (Å²) in [5.41, 5.74) is 1.78. The Bertz CT molecular complexity index is 944. The Morgan fingerprint density at radius 3 is 2.57 bits per heavy atom. The van der Waals surface area contributed by atoms with Gasteiger partial charge in [0.05, 0.1) is 16.0 Å². The molecule has 1 heterocycles. The molecule has 0 unspecified atom stereocenters. The monoisotopic (exact) mass is 399 g/mol. The number of para-hydroxylation sites is 1. The molecular weight excluding hydrogens is 381 g/mol. The molecule has 144 valence electrons. The summed E-state index contributed by atoms with van der Waals surface area (Å²) in [6.07, 6.45) is 1.14. The van der Waals surface area contributed by atoms with Crippen LogP contribution < -0.4 is 16.0 Å². The van der Waals surface area contributed by atoms with Crippen LogP contribution in [0.1, 0.15) is 12.0 Å². The van der Waals surface area contributed by atoms with E-state index in [1.807, 2.05) is 19.1 Å². The summed E-state index contributed by atoms with van der Waals surface area (Å²) in [5, 5.41) is 7.40. The number of benzene rings is 2. The first-order chi connectivity index (χ1) is 13.4. The molecule has 1 fully saturated rings. The molecule has 0 aliphatic carbocycles. The molecule has 1 saturated heterocycles. The summed E-state index contributed by atoms with van der Waals surface area (Å²) < 4.78 is 13.6. The average molecular weight is 399 g/mol. The van der Waals surface area contributed by atoms with Gasteiger partial charge in [0.25, 0.3) is 5.91 Å². The number of nitrogens with one attached hydrogen (secondary N) is 3. The highest BCUT2D eigenvalue weighted by atomic mass is 32.2. The van der Waals surface area contributed by atoms with Crippen molar-refractivity contribution in [2.45, 2.75) is 18.6 Å². The SMILES string of the molecule is Cc1ccc(NC(=O)/C=C2\NC(=O)[C@H](CC(=O)Nc3ccccc3F)S2)cc1. The molecule has 6 nitrogen and oxygen atoms in total. The number of carbonyl (C=O) groups is 3. The van der Waals surface area contributed by atoms with Gasteiger partial charge in [0.15, 0.2) is 0 Å². The van der Waals surface area contributed by atoms with E-state index >= 15 is 0 Å². The highest BCUT2D eigenvalue weighted by Crippen LogP contribution is 2.29. The Morgan fingerprint density at radius 1 is 1.14 bits per heavy atom. The fourth-order valence-corrected chi connectivity index (χ4v) is 3.55. The summed E-state index contributed by atoms with van der Waals surface area (Å²) in [5.74, 6) is -1.79. The fraction of sp³-hybridized carbons (Fsp3) is 0.150. The molecule has 0 aromatic heterocycles. The summed E-state index contributed by atoms with van der Waals surface area (Å²) in [6, 6.07) is 13.1. The average Bonchev–Trinajstić information content (AvgIpc) is 2.97. The van der Waals surface area contributed by atoms with E-state index in [-0.39, 0.29) is 23.9 Å². The van der Waals surface area contributed by atoms with Crippen LogP contribution in [0.25, 0.3) is 0 Å². The van der Waals surface area contributed by atoms with E-state index in [0.717, 1.165) is 17.3 Å². The summed E-state index contributed by atoms with van der Waals surface area (Å²) in [4.78, 5) is 36.2. The van der Waals surface area contributed by atoms with Gasteiger partial charge in [0.1, 0.15) is 5.82 Å². The number of hydrogen-bond acceptors (Lipinski definition) is 4. The standard InChI is InChI=1S/C20H18FN3O3S/c1-12-6-8-13(9-7-12)22-18(26)11-19-24-20(27)16(28-19)10-17(25)23-15-5-3-2-4-14(15)21/h2-9,11,16H,10H2,1H3,(H,22,26)(H,23,25)(H,24,27)/b19-11+/t16-/m0/s1. The molecule has 2 aromatic carbocycles. The number of thioether (sulfide) groups is 1. The molecule has 3 N–H and O–H groups in total. The number of rotatable bonds is 5. The number of halogens is 1. The number of amides is 3. The maximum absolute atomic E-state index is 13.6. The lowest BCUT2D eigenvalue weighted by atomic mass is 10.2. The van der Waals surface area contributed by atoms with Crippen molar-refractivity contribution in [1.29, 1.82) is 0 Å². The maximum Gasteiger partial charge on any atom is 0.250 e. The van der Waals surface area contributed by atoms with E-state index in [0.29, 0.717) is 10.7 Å². The summed E-state index contributed by atoms with van der Waals surface area (Å²) >= 11 is 1.09. The first kappa shape index (κ1) is 19.6. The minimum Gasteiger partial charge on any atom is -0.324 e. The van der Waals surface area contributed by atoms with Crippen molar-refractivity contribution in [3.05, 3.63) is 71.0 Å². The molecule has 3 rings (SSSR count). The summed E-state index contributed by atoms with van der Waals surface area (Å²) in [7, 11) is 0. The quantitative estimate of drug-likeness (QED) is 0.674. The van der Waals surface area contributed by atoms with Crippen molar-refractivity contribution in [2.24, 2.45) is 0 Å². The van der Waals surface area contributed by atoms with Crippen LogP contribution in [-0.2, 0) is 14.4 Å². The van der Waals surface area contributed by atoms with Gasteiger partial charge in [-0.1, -0.05) is 41.6 Å². The van der Waals surface area contributed by atoms with E-state index in [1.54, 1.807) is 18.2 Å². The van der Waals surface area contributed by atoms with Crippen molar-refractivity contribution in [2.75, 3.05) is 10.6 Å². The topological polar surface area (TPSA) is 87.3 Å². The molecule has 3 amide bonds. The van der Waals surface area contributed by atoms with Crippen LogP contribution in [0.3, 0.4) is 0 Å². The van der Waals surface area contributed by atoms with Crippen molar-refractivity contribution in [3.8, 4) is 0 Å². The van der Waals surface area contributed by atoms with Gasteiger partial charge < -0.3 is 16.0 Å². The van der Waals surface area contributed by atoms with Gasteiger partial charge in [0, 0.05) is 18.2 Å². The second kappa shape index (κ2) is 8.71. The molecule has 1 aliphatic heterocycles. The van der Waals surface area contributed by atoms with Crippen LogP contribution >= 0.6 is 11.8 Å². The molecule has 2 aromatic rings.